The van der Waals surface area contributed by atoms with Gasteiger partial charge in [0.1, 0.15) is 5.76 Å². The van der Waals surface area contributed by atoms with Crippen molar-refractivity contribution in [3.05, 3.63) is 47.7 Å². The van der Waals surface area contributed by atoms with Crippen LogP contribution in [0.2, 0.25) is 0 Å². The molecular weight excluding hydrogens is 212 g/mol. The number of nitrogens with two attached hydrogens (primary N) is 1. The van der Waals surface area contributed by atoms with Crippen LogP contribution in [0.5, 0.6) is 0 Å². The minimum atomic E-state index is 0.183. The van der Waals surface area contributed by atoms with Crippen LogP contribution < -0.4 is 11.3 Å². The molecule has 1 aliphatic heterocycles. The number of benzene rings is 1. The van der Waals surface area contributed by atoms with Gasteiger partial charge in [-0.2, -0.15) is 0 Å². The number of rotatable bonds is 4. The summed E-state index contributed by atoms with van der Waals surface area (Å²) >= 11 is 0. The van der Waals surface area contributed by atoms with Gasteiger partial charge in [0.25, 0.3) is 0 Å². The Morgan fingerprint density at radius 2 is 2.12 bits per heavy atom. The standard InChI is InChI=1S/C14H18N2O/c15-16-14(13-7-4-8-17-13)12-9-11(12)10-5-2-1-3-6-10/h1-3,5-7,11-12,14,16H,4,8-9,15H2. The molecule has 0 bridgehead atoms. The highest BCUT2D eigenvalue weighted by atomic mass is 16.5. The van der Waals surface area contributed by atoms with E-state index in [2.05, 4.69) is 41.8 Å². The highest BCUT2D eigenvalue weighted by molar-refractivity contribution is 5.29. The molecule has 1 heterocycles. The van der Waals surface area contributed by atoms with Crippen LogP contribution in [0.1, 0.15) is 24.3 Å². The van der Waals surface area contributed by atoms with Gasteiger partial charge in [-0.05, 0) is 29.9 Å². The second-order valence-corrected chi connectivity index (χ2v) is 4.80. The molecule has 1 aromatic carbocycles. The topological polar surface area (TPSA) is 47.3 Å². The van der Waals surface area contributed by atoms with Crippen LogP contribution in [0.25, 0.3) is 0 Å². The molecule has 90 valence electrons. The second kappa shape index (κ2) is 4.51. The van der Waals surface area contributed by atoms with Crippen LogP contribution in [0.3, 0.4) is 0 Å². The molecule has 0 radical (unpaired) electrons. The lowest BCUT2D eigenvalue weighted by Gasteiger charge is -2.17. The fraction of sp³-hybridized carbons (Fsp3) is 0.429. The zero-order valence-corrected chi connectivity index (χ0v) is 9.80. The summed E-state index contributed by atoms with van der Waals surface area (Å²) < 4.78 is 5.61. The van der Waals surface area contributed by atoms with Crippen LogP contribution >= 0.6 is 0 Å². The monoisotopic (exact) mass is 230 g/mol. The van der Waals surface area contributed by atoms with Crippen molar-refractivity contribution in [1.29, 1.82) is 0 Å². The Morgan fingerprint density at radius 1 is 1.29 bits per heavy atom. The van der Waals surface area contributed by atoms with Crippen molar-refractivity contribution >= 4 is 0 Å². The third kappa shape index (κ3) is 2.08. The van der Waals surface area contributed by atoms with Gasteiger partial charge in [0.15, 0.2) is 0 Å². The lowest BCUT2D eigenvalue weighted by Crippen LogP contribution is -2.38. The number of nitrogens with one attached hydrogen (secondary N) is 1. The minimum absolute atomic E-state index is 0.183. The zero-order chi connectivity index (χ0) is 11.7. The van der Waals surface area contributed by atoms with Crippen molar-refractivity contribution < 1.29 is 4.74 Å². The van der Waals surface area contributed by atoms with Crippen LogP contribution in [0.4, 0.5) is 0 Å². The Kier molecular flexibility index (Phi) is 2.87. The van der Waals surface area contributed by atoms with Crippen molar-refractivity contribution in [3.8, 4) is 0 Å². The molecule has 0 aromatic heterocycles. The predicted octanol–water partition coefficient (Wildman–Crippen LogP) is 1.93. The van der Waals surface area contributed by atoms with Gasteiger partial charge in [-0.3, -0.25) is 5.84 Å². The van der Waals surface area contributed by atoms with E-state index in [1.165, 1.54) is 12.0 Å². The molecule has 3 rings (SSSR count). The second-order valence-electron chi connectivity index (χ2n) is 4.80. The predicted molar refractivity (Wildman–Crippen MR) is 67.1 cm³/mol. The molecule has 3 nitrogen and oxygen atoms in total. The fourth-order valence-corrected chi connectivity index (χ4v) is 2.74. The molecule has 1 saturated carbocycles. The van der Waals surface area contributed by atoms with E-state index in [4.69, 9.17) is 10.6 Å². The molecule has 3 atom stereocenters. The van der Waals surface area contributed by atoms with Crippen molar-refractivity contribution in [2.24, 2.45) is 11.8 Å². The molecule has 1 aromatic rings. The van der Waals surface area contributed by atoms with E-state index in [1.54, 1.807) is 0 Å². The summed E-state index contributed by atoms with van der Waals surface area (Å²) in [5, 5.41) is 0. The molecule has 0 amide bonds. The summed E-state index contributed by atoms with van der Waals surface area (Å²) in [4.78, 5) is 0. The molecule has 0 spiro atoms. The summed E-state index contributed by atoms with van der Waals surface area (Å²) in [7, 11) is 0. The van der Waals surface area contributed by atoms with Crippen molar-refractivity contribution in [1.82, 2.24) is 5.43 Å². The van der Waals surface area contributed by atoms with E-state index in [-0.39, 0.29) is 6.04 Å². The summed E-state index contributed by atoms with van der Waals surface area (Å²) in [6, 6.07) is 10.8. The van der Waals surface area contributed by atoms with E-state index in [9.17, 15) is 0 Å². The molecule has 3 N–H and O–H groups in total. The number of hydrogen-bond acceptors (Lipinski definition) is 3. The smallest absolute Gasteiger partial charge is 0.111 e. The van der Waals surface area contributed by atoms with Crippen LogP contribution in [-0.2, 0) is 4.74 Å². The lowest BCUT2D eigenvalue weighted by molar-refractivity contribution is 0.207. The molecular formula is C14H18N2O. The van der Waals surface area contributed by atoms with E-state index in [0.717, 1.165) is 18.8 Å². The fourth-order valence-electron chi connectivity index (χ4n) is 2.74. The van der Waals surface area contributed by atoms with Gasteiger partial charge in [0, 0.05) is 6.42 Å². The maximum atomic E-state index is 5.66. The lowest BCUT2D eigenvalue weighted by atomic mass is 10.0. The summed E-state index contributed by atoms with van der Waals surface area (Å²) in [6.45, 7) is 0.802. The first-order chi connectivity index (χ1) is 8.40. The normalized spacial score (nSPS) is 28.4. The Labute approximate surface area is 102 Å². The quantitative estimate of drug-likeness (QED) is 0.613. The first-order valence-electron chi connectivity index (χ1n) is 6.24. The Morgan fingerprint density at radius 3 is 2.76 bits per heavy atom. The third-order valence-electron chi connectivity index (χ3n) is 3.71. The SMILES string of the molecule is NNC(C1=CCCO1)C1CC1c1ccccc1. The van der Waals surface area contributed by atoms with Crippen LogP contribution in [0, 0.1) is 5.92 Å². The largest absolute Gasteiger partial charge is 0.496 e. The molecule has 3 unspecified atom stereocenters. The summed E-state index contributed by atoms with van der Waals surface area (Å²) in [6.07, 6.45) is 4.36. The van der Waals surface area contributed by atoms with Crippen LogP contribution in [-0.4, -0.2) is 12.6 Å². The highest BCUT2D eigenvalue weighted by Crippen LogP contribution is 2.51. The average Bonchev–Trinajstić information content (AvgIpc) is 2.97. The molecule has 1 fully saturated rings. The molecule has 17 heavy (non-hydrogen) atoms. The van der Waals surface area contributed by atoms with E-state index in [0.29, 0.717) is 11.8 Å². The van der Waals surface area contributed by atoms with Crippen molar-refractivity contribution in [2.75, 3.05) is 6.61 Å². The first kappa shape index (κ1) is 10.8. The Hall–Kier alpha value is -1.32. The van der Waals surface area contributed by atoms with Crippen molar-refractivity contribution in [2.45, 2.75) is 24.8 Å². The van der Waals surface area contributed by atoms with Gasteiger partial charge in [0.05, 0.1) is 12.6 Å². The highest BCUT2D eigenvalue weighted by Gasteiger charge is 2.45. The average molecular weight is 230 g/mol. The van der Waals surface area contributed by atoms with E-state index >= 15 is 0 Å². The molecule has 3 heteroatoms. The number of ether oxygens (including phenoxy) is 1. The maximum Gasteiger partial charge on any atom is 0.111 e. The van der Waals surface area contributed by atoms with Gasteiger partial charge in [0.2, 0.25) is 0 Å². The molecule has 2 aliphatic rings. The van der Waals surface area contributed by atoms with E-state index < -0.39 is 0 Å². The van der Waals surface area contributed by atoms with Crippen molar-refractivity contribution in [3.63, 3.8) is 0 Å². The number of hydrazine groups is 1. The Bertz CT molecular complexity index is 415. The van der Waals surface area contributed by atoms with Gasteiger partial charge >= 0.3 is 0 Å². The zero-order valence-electron chi connectivity index (χ0n) is 9.80. The summed E-state index contributed by atoms with van der Waals surface area (Å²) in [5.74, 6) is 7.90. The maximum absolute atomic E-state index is 5.66. The van der Waals surface area contributed by atoms with Gasteiger partial charge in [-0.25, -0.2) is 5.43 Å². The third-order valence-corrected chi connectivity index (χ3v) is 3.71. The van der Waals surface area contributed by atoms with Crippen LogP contribution in [0.15, 0.2) is 42.2 Å². The van der Waals surface area contributed by atoms with Gasteiger partial charge < -0.3 is 4.74 Å². The first-order valence-corrected chi connectivity index (χ1v) is 6.24. The molecule has 0 saturated heterocycles. The summed E-state index contributed by atoms with van der Waals surface area (Å²) in [5.41, 5.74) is 4.33. The number of hydrogen-bond donors (Lipinski definition) is 2. The van der Waals surface area contributed by atoms with Gasteiger partial charge in [-0.15, -0.1) is 0 Å². The minimum Gasteiger partial charge on any atom is -0.496 e. The van der Waals surface area contributed by atoms with Gasteiger partial charge in [-0.1, -0.05) is 30.3 Å². The molecule has 1 aliphatic carbocycles. The Balaban J connectivity index is 1.70. The van der Waals surface area contributed by atoms with E-state index in [1.807, 2.05) is 0 Å².